The lowest BCUT2D eigenvalue weighted by Gasteiger charge is -2.29. The van der Waals surface area contributed by atoms with Gasteiger partial charge in [-0.25, -0.2) is 13.2 Å². The number of ether oxygens (including phenoxy) is 2. The van der Waals surface area contributed by atoms with Crippen molar-refractivity contribution in [1.29, 1.82) is 0 Å². The molecule has 8 heteroatoms. The molecule has 0 N–H and O–H groups in total. The molecule has 126 valence electrons. The third-order valence-electron chi connectivity index (χ3n) is 3.90. The predicted molar refractivity (Wildman–Crippen MR) is 81.3 cm³/mol. The van der Waals surface area contributed by atoms with Crippen LogP contribution in [0.1, 0.15) is 23.2 Å². The Morgan fingerprint density at radius 1 is 1.04 bits per heavy atom. The lowest BCUT2D eigenvalue weighted by Crippen LogP contribution is -2.40. The van der Waals surface area contributed by atoms with Crippen LogP contribution in [0.25, 0.3) is 0 Å². The smallest absolute Gasteiger partial charge is 0.337 e. The largest absolute Gasteiger partial charge is 0.469 e. The standard InChI is InChI=1S/C15H19NO6S/c1-21-14(17)11-3-5-13(6-4-11)23(19,20)16-9-7-12(8-10-16)15(18)22-2/h3-6,12H,7-10H2,1-2H3. The molecule has 1 heterocycles. The van der Waals surface area contributed by atoms with Crippen molar-refractivity contribution in [2.24, 2.45) is 5.92 Å². The topological polar surface area (TPSA) is 90.0 Å². The van der Waals surface area contributed by atoms with Crippen LogP contribution in [0.2, 0.25) is 0 Å². The zero-order chi connectivity index (χ0) is 17.0. The second-order valence-corrected chi connectivity index (χ2v) is 7.16. The lowest BCUT2D eigenvalue weighted by atomic mass is 9.99. The number of rotatable bonds is 4. The van der Waals surface area contributed by atoms with Gasteiger partial charge in [0.25, 0.3) is 0 Å². The molecule has 1 aliphatic rings. The Bertz CT molecular complexity index is 674. The van der Waals surface area contributed by atoms with Crippen molar-refractivity contribution in [3.8, 4) is 0 Å². The van der Waals surface area contributed by atoms with Crippen LogP contribution in [0.5, 0.6) is 0 Å². The quantitative estimate of drug-likeness (QED) is 0.760. The van der Waals surface area contributed by atoms with Crippen LogP contribution in [0.4, 0.5) is 0 Å². The Kier molecular flexibility index (Phi) is 5.38. The van der Waals surface area contributed by atoms with Gasteiger partial charge in [0.05, 0.1) is 30.6 Å². The van der Waals surface area contributed by atoms with Gasteiger partial charge in [0.2, 0.25) is 10.0 Å². The number of sulfonamides is 1. The molecule has 0 aliphatic carbocycles. The van der Waals surface area contributed by atoms with Gasteiger partial charge in [-0.2, -0.15) is 4.31 Å². The van der Waals surface area contributed by atoms with Crippen molar-refractivity contribution in [2.75, 3.05) is 27.3 Å². The molecule has 0 aromatic heterocycles. The molecule has 1 saturated heterocycles. The van der Waals surface area contributed by atoms with Crippen molar-refractivity contribution in [2.45, 2.75) is 17.7 Å². The van der Waals surface area contributed by atoms with E-state index >= 15 is 0 Å². The highest BCUT2D eigenvalue weighted by Gasteiger charge is 2.32. The van der Waals surface area contributed by atoms with Crippen molar-refractivity contribution in [1.82, 2.24) is 4.31 Å². The normalized spacial score (nSPS) is 16.8. The third kappa shape index (κ3) is 3.70. The molecule has 1 aromatic rings. The molecule has 1 aromatic carbocycles. The summed E-state index contributed by atoms with van der Waals surface area (Å²) in [4.78, 5) is 23.0. The Balaban J connectivity index is 2.10. The fourth-order valence-electron chi connectivity index (χ4n) is 2.53. The first-order chi connectivity index (χ1) is 10.9. The van der Waals surface area contributed by atoms with E-state index in [1.807, 2.05) is 0 Å². The monoisotopic (exact) mass is 341 g/mol. The highest BCUT2D eigenvalue weighted by molar-refractivity contribution is 7.89. The molecular weight excluding hydrogens is 322 g/mol. The van der Waals surface area contributed by atoms with Gasteiger partial charge in [0, 0.05) is 13.1 Å². The van der Waals surface area contributed by atoms with Gasteiger partial charge < -0.3 is 9.47 Å². The molecule has 0 unspecified atom stereocenters. The van der Waals surface area contributed by atoms with Crippen molar-refractivity contribution >= 4 is 22.0 Å². The first-order valence-corrected chi connectivity index (χ1v) is 8.60. The van der Waals surface area contributed by atoms with Gasteiger partial charge in [-0.15, -0.1) is 0 Å². The molecular formula is C15H19NO6S. The fourth-order valence-corrected chi connectivity index (χ4v) is 4.00. The molecule has 1 fully saturated rings. The lowest BCUT2D eigenvalue weighted by molar-refractivity contribution is -0.146. The van der Waals surface area contributed by atoms with Gasteiger partial charge in [-0.1, -0.05) is 0 Å². The number of hydrogen-bond acceptors (Lipinski definition) is 6. The highest BCUT2D eigenvalue weighted by atomic mass is 32.2. The van der Waals surface area contributed by atoms with E-state index in [4.69, 9.17) is 4.74 Å². The van der Waals surface area contributed by atoms with Crippen LogP contribution >= 0.6 is 0 Å². The van der Waals surface area contributed by atoms with Gasteiger partial charge in [-0.3, -0.25) is 4.79 Å². The summed E-state index contributed by atoms with van der Waals surface area (Å²) in [7, 11) is -1.05. The summed E-state index contributed by atoms with van der Waals surface area (Å²) in [5, 5.41) is 0. The van der Waals surface area contributed by atoms with E-state index in [-0.39, 0.29) is 35.4 Å². The molecule has 0 radical (unpaired) electrons. The predicted octanol–water partition coefficient (Wildman–Crippen LogP) is 1.05. The van der Waals surface area contributed by atoms with Crippen LogP contribution in [0, 0.1) is 5.92 Å². The van der Waals surface area contributed by atoms with Crippen molar-refractivity contribution in [3.63, 3.8) is 0 Å². The van der Waals surface area contributed by atoms with Gasteiger partial charge in [-0.05, 0) is 37.1 Å². The Labute approximate surface area is 135 Å². The van der Waals surface area contributed by atoms with E-state index in [1.165, 1.54) is 42.8 Å². The second-order valence-electron chi connectivity index (χ2n) is 5.22. The maximum Gasteiger partial charge on any atom is 0.337 e. The molecule has 0 atom stereocenters. The van der Waals surface area contributed by atoms with Gasteiger partial charge in [0.1, 0.15) is 0 Å². The minimum atomic E-state index is -3.64. The number of esters is 2. The van der Waals surface area contributed by atoms with E-state index in [9.17, 15) is 18.0 Å². The zero-order valence-electron chi connectivity index (χ0n) is 13.0. The Morgan fingerprint density at radius 2 is 1.61 bits per heavy atom. The summed E-state index contributed by atoms with van der Waals surface area (Å²) >= 11 is 0. The first kappa shape index (κ1) is 17.4. The summed E-state index contributed by atoms with van der Waals surface area (Å²) in [6.45, 7) is 0.529. The van der Waals surface area contributed by atoms with E-state index in [1.54, 1.807) is 0 Å². The van der Waals surface area contributed by atoms with E-state index in [2.05, 4.69) is 4.74 Å². The Morgan fingerprint density at radius 3 is 2.09 bits per heavy atom. The van der Waals surface area contributed by atoms with Crippen LogP contribution < -0.4 is 0 Å². The maximum absolute atomic E-state index is 12.6. The van der Waals surface area contributed by atoms with Crippen LogP contribution in [-0.4, -0.2) is 52.0 Å². The van der Waals surface area contributed by atoms with E-state index < -0.39 is 16.0 Å². The van der Waals surface area contributed by atoms with Crippen LogP contribution in [0.3, 0.4) is 0 Å². The summed E-state index contributed by atoms with van der Waals surface area (Å²) < 4.78 is 35.8. The number of hydrogen-bond donors (Lipinski definition) is 0. The maximum atomic E-state index is 12.6. The fraction of sp³-hybridized carbons (Fsp3) is 0.467. The average molecular weight is 341 g/mol. The Hall–Kier alpha value is -1.93. The van der Waals surface area contributed by atoms with Crippen molar-refractivity contribution in [3.05, 3.63) is 29.8 Å². The zero-order valence-corrected chi connectivity index (χ0v) is 13.8. The first-order valence-electron chi connectivity index (χ1n) is 7.16. The summed E-state index contributed by atoms with van der Waals surface area (Å²) in [6.07, 6.45) is 0.873. The molecule has 0 saturated carbocycles. The number of nitrogens with zero attached hydrogens (tertiary/aromatic N) is 1. The molecule has 7 nitrogen and oxygen atoms in total. The van der Waals surface area contributed by atoms with Crippen LogP contribution in [0.15, 0.2) is 29.2 Å². The summed E-state index contributed by atoms with van der Waals surface area (Å²) in [5.74, 6) is -1.08. The molecule has 0 amide bonds. The third-order valence-corrected chi connectivity index (χ3v) is 5.81. The summed E-state index contributed by atoms with van der Waals surface area (Å²) in [6, 6.07) is 5.60. The number of carbonyl (C=O) groups is 2. The second kappa shape index (κ2) is 7.10. The molecule has 23 heavy (non-hydrogen) atoms. The number of piperidine rings is 1. The molecule has 0 spiro atoms. The average Bonchev–Trinajstić information content (AvgIpc) is 2.60. The molecule has 2 rings (SSSR count). The highest BCUT2D eigenvalue weighted by Crippen LogP contribution is 2.24. The van der Waals surface area contributed by atoms with E-state index in [0.29, 0.717) is 12.8 Å². The summed E-state index contributed by atoms with van der Waals surface area (Å²) in [5.41, 5.74) is 0.288. The number of methoxy groups -OCH3 is 2. The molecule has 0 bridgehead atoms. The SMILES string of the molecule is COC(=O)c1ccc(S(=O)(=O)N2CCC(C(=O)OC)CC2)cc1. The molecule has 1 aliphatic heterocycles. The number of benzene rings is 1. The minimum absolute atomic E-state index is 0.113. The minimum Gasteiger partial charge on any atom is -0.469 e. The van der Waals surface area contributed by atoms with Gasteiger partial charge >= 0.3 is 11.9 Å². The van der Waals surface area contributed by atoms with E-state index in [0.717, 1.165) is 0 Å². The van der Waals surface area contributed by atoms with Crippen LogP contribution in [-0.2, 0) is 24.3 Å². The van der Waals surface area contributed by atoms with Gasteiger partial charge in [0.15, 0.2) is 0 Å². The number of carbonyl (C=O) groups excluding carboxylic acids is 2. The van der Waals surface area contributed by atoms with Crippen molar-refractivity contribution < 1.29 is 27.5 Å².